The Labute approximate surface area is 180 Å². The molecule has 1 saturated heterocycles. The van der Waals surface area contributed by atoms with Gasteiger partial charge in [-0.3, -0.25) is 4.90 Å². The highest BCUT2D eigenvalue weighted by molar-refractivity contribution is 7.09. The largest absolute Gasteiger partial charge is 0.507 e. The van der Waals surface area contributed by atoms with Crippen molar-refractivity contribution in [2.75, 3.05) is 32.7 Å². The Kier molecular flexibility index (Phi) is 6.42. The van der Waals surface area contributed by atoms with E-state index in [2.05, 4.69) is 75.8 Å². The van der Waals surface area contributed by atoms with Crippen molar-refractivity contribution in [1.82, 2.24) is 14.8 Å². The minimum absolute atomic E-state index is 0.127. The first-order valence-corrected chi connectivity index (χ1v) is 11.6. The summed E-state index contributed by atoms with van der Waals surface area (Å²) in [5.41, 5.74) is 3.86. The van der Waals surface area contributed by atoms with E-state index < -0.39 is 0 Å². The van der Waals surface area contributed by atoms with E-state index in [9.17, 15) is 5.11 Å². The van der Waals surface area contributed by atoms with Crippen LogP contribution >= 0.6 is 11.3 Å². The first-order chi connectivity index (χ1) is 13.5. The van der Waals surface area contributed by atoms with Crippen molar-refractivity contribution in [2.24, 2.45) is 0 Å². The minimum atomic E-state index is -0.127. The number of rotatable bonds is 4. The molecule has 2 heterocycles. The maximum atomic E-state index is 11.0. The van der Waals surface area contributed by atoms with Crippen molar-refractivity contribution >= 4 is 11.3 Å². The van der Waals surface area contributed by atoms with Crippen LogP contribution in [0.3, 0.4) is 0 Å². The molecule has 1 aromatic heterocycles. The fraction of sp³-hybridized carbons (Fsp3) is 0.625. The van der Waals surface area contributed by atoms with Crippen LogP contribution in [0.1, 0.15) is 64.6 Å². The molecular weight excluding hydrogens is 378 g/mol. The average Bonchev–Trinajstić information content (AvgIpc) is 3.09. The second-order valence-electron chi connectivity index (χ2n) is 10.3. The Morgan fingerprint density at radius 3 is 1.93 bits per heavy atom. The number of hydrogen-bond donors (Lipinski definition) is 1. The molecule has 3 rings (SSSR count). The molecule has 0 aliphatic carbocycles. The normalized spacial score (nSPS) is 17.1. The molecule has 0 atom stereocenters. The van der Waals surface area contributed by atoms with Gasteiger partial charge in [-0.15, -0.1) is 11.3 Å². The Bertz CT molecular complexity index is 802. The summed E-state index contributed by atoms with van der Waals surface area (Å²) < 4.78 is 0. The van der Waals surface area contributed by atoms with Crippen molar-refractivity contribution in [3.8, 4) is 17.0 Å². The number of thiazole rings is 1. The summed E-state index contributed by atoms with van der Waals surface area (Å²) in [5.74, 6) is 0.429. The van der Waals surface area contributed by atoms with Crippen molar-refractivity contribution < 1.29 is 5.11 Å². The SMILES string of the molecule is CCN1CCN(Cc2nc(-c3cc(C(C)(C)C)c(O)c(C(C)(C)C)c3)cs2)CC1. The van der Waals surface area contributed by atoms with Gasteiger partial charge in [0.15, 0.2) is 0 Å². The van der Waals surface area contributed by atoms with Crippen molar-refractivity contribution in [1.29, 1.82) is 0 Å². The number of aromatic hydroxyl groups is 1. The van der Waals surface area contributed by atoms with E-state index in [1.165, 1.54) is 5.01 Å². The third-order valence-electron chi connectivity index (χ3n) is 5.84. The van der Waals surface area contributed by atoms with E-state index in [1.807, 2.05) is 0 Å². The van der Waals surface area contributed by atoms with Gasteiger partial charge in [-0.05, 0) is 29.5 Å². The molecule has 1 aromatic carbocycles. The van der Waals surface area contributed by atoms with Gasteiger partial charge in [0.25, 0.3) is 0 Å². The van der Waals surface area contributed by atoms with Gasteiger partial charge in [-0.1, -0.05) is 48.5 Å². The molecule has 0 amide bonds. The molecule has 1 N–H and O–H groups in total. The highest BCUT2D eigenvalue weighted by atomic mass is 32.1. The molecule has 5 heteroatoms. The van der Waals surface area contributed by atoms with Gasteiger partial charge < -0.3 is 10.0 Å². The number of nitrogens with zero attached hydrogens (tertiary/aromatic N) is 3. The Morgan fingerprint density at radius 1 is 0.931 bits per heavy atom. The van der Waals surface area contributed by atoms with Gasteiger partial charge in [0.1, 0.15) is 10.8 Å². The topological polar surface area (TPSA) is 39.6 Å². The molecule has 0 spiro atoms. The predicted octanol–water partition coefficient (Wildman–Crippen LogP) is 5.25. The van der Waals surface area contributed by atoms with Crippen molar-refractivity contribution in [3.05, 3.63) is 33.6 Å². The zero-order chi connectivity index (χ0) is 21.4. The van der Waals surface area contributed by atoms with Gasteiger partial charge in [-0.25, -0.2) is 4.98 Å². The molecule has 1 fully saturated rings. The summed E-state index contributed by atoms with van der Waals surface area (Å²) in [5, 5.41) is 14.3. The zero-order valence-electron chi connectivity index (χ0n) is 19.2. The van der Waals surface area contributed by atoms with Crippen molar-refractivity contribution in [2.45, 2.75) is 65.8 Å². The summed E-state index contributed by atoms with van der Waals surface area (Å²) in [6, 6.07) is 4.26. The lowest BCUT2D eigenvalue weighted by Crippen LogP contribution is -2.45. The van der Waals surface area contributed by atoms with Crippen LogP contribution in [0.4, 0.5) is 0 Å². The van der Waals surface area contributed by atoms with E-state index in [-0.39, 0.29) is 10.8 Å². The number of phenols is 1. The number of likely N-dealkylation sites (N-methyl/N-ethyl adjacent to an activating group) is 1. The second-order valence-corrected chi connectivity index (χ2v) is 11.2. The van der Waals surface area contributed by atoms with Gasteiger partial charge in [0.05, 0.1) is 12.2 Å². The van der Waals surface area contributed by atoms with Gasteiger partial charge in [-0.2, -0.15) is 0 Å². The molecular formula is C24H37N3OS. The molecule has 0 radical (unpaired) electrons. The summed E-state index contributed by atoms with van der Waals surface area (Å²) in [4.78, 5) is 9.98. The second kappa shape index (κ2) is 8.37. The summed E-state index contributed by atoms with van der Waals surface area (Å²) in [6.07, 6.45) is 0. The van der Waals surface area contributed by atoms with E-state index >= 15 is 0 Å². The maximum Gasteiger partial charge on any atom is 0.123 e. The van der Waals surface area contributed by atoms with E-state index in [0.29, 0.717) is 5.75 Å². The fourth-order valence-corrected chi connectivity index (χ4v) is 4.74. The third-order valence-corrected chi connectivity index (χ3v) is 6.68. The first-order valence-electron chi connectivity index (χ1n) is 10.8. The van der Waals surface area contributed by atoms with Crippen LogP contribution < -0.4 is 0 Å². The summed E-state index contributed by atoms with van der Waals surface area (Å²) >= 11 is 1.75. The van der Waals surface area contributed by atoms with E-state index in [4.69, 9.17) is 4.98 Å². The highest BCUT2D eigenvalue weighted by Crippen LogP contribution is 2.42. The van der Waals surface area contributed by atoms with Crippen LogP contribution in [0.15, 0.2) is 17.5 Å². The van der Waals surface area contributed by atoms with Crippen LogP contribution in [-0.2, 0) is 17.4 Å². The number of aromatic nitrogens is 1. The number of benzene rings is 1. The average molecular weight is 416 g/mol. The lowest BCUT2D eigenvalue weighted by Gasteiger charge is -2.33. The third kappa shape index (κ3) is 5.19. The number of hydrogen-bond acceptors (Lipinski definition) is 5. The van der Waals surface area contributed by atoms with Crippen LogP contribution in [-0.4, -0.2) is 52.6 Å². The summed E-state index contributed by atoms with van der Waals surface area (Å²) in [6.45, 7) is 21.8. The molecule has 29 heavy (non-hydrogen) atoms. The molecule has 0 bridgehead atoms. The molecule has 0 unspecified atom stereocenters. The Morgan fingerprint density at radius 2 is 1.45 bits per heavy atom. The lowest BCUT2D eigenvalue weighted by molar-refractivity contribution is 0.132. The maximum absolute atomic E-state index is 11.0. The van der Waals surface area contributed by atoms with Crippen LogP contribution in [0.5, 0.6) is 5.75 Å². The quantitative estimate of drug-likeness (QED) is 0.740. The molecule has 160 valence electrons. The molecule has 1 aliphatic rings. The smallest absolute Gasteiger partial charge is 0.123 e. The predicted molar refractivity (Wildman–Crippen MR) is 124 cm³/mol. The van der Waals surface area contributed by atoms with Crippen LogP contribution in [0, 0.1) is 0 Å². The van der Waals surface area contributed by atoms with Crippen LogP contribution in [0.2, 0.25) is 0 Å². The number of piperazine rings is 1. The lowest BCUT2D eigenvalue weighted by atomic mass is 9.78. The number of phenolic OH excluding ortho intramolecular Hbond substituents is 1. The zero-order valence-corrected chi connectivity index (χ0v) is 20.0. The molecule has 0 saturated carbocycles. The van der Waals surface area contributed by atoms with Crippen molar-refractivity contribution in [3.63, 3.8) is 0 Å². The van der Waals surface area contributed by atoms with Gasteiger partial charge >= 0.3 is 0 Å². The molecule has 2 aromatic rings. The standard InChI is InChI=1S/C24H37N3OS/c1-8-26-9-11-27(12-10-26)15-21-25-20(16-29-21)17-13-18(23(2,3)4)22(28)19(14-17)24(5,6)7/h13-14,16,28H,8-12,15H2,1-7H3. The van der Waals surface area contributed by atoms with Crippen LogP contribution in [0.25, 0.3) is 11.3 Å². The van der Waals surface area contributed by atoms with E-state index in [0.717, 1.165) is 61.7 Å². The monoisotopic (exact) mass is 415 g/mol. The highest BCUT2D eigenvalue weighted by Gasteiger charge is 2.27. The van der Waals surface area contributed by atoms with E-state index in [1.54, 1.807) is 11.3 Å². The molecule has 1 aliphatic heterocycles. The fourth-order valence-electron chi connectivity index (χ4n) is 3.90. The summed E-state index contributed by atoms with van der Waals surface area (Å²) in [7, 11) is 0. The molecule has 4 nitrogen and oxygen atoms in total. The van der Waals surface area contributed by atoms with Gasteiger partial charge in [0, 0.05) is 48.2 Å². The van der Waals surface area contributed by atoms with Gasteiger partial charge in [0.2, 0.25) is 0 Å². The Balaban J connectivity index is 1.87. The minimum Gasteiger partial charge on any atom is -0.507 e. The Hall–Kier alpha value is -1.43. The first kappa shape index (κ1) is 22.3.